The maximum Gasteiger partial charge on any atom is 0.227 e. The summed E-state index contributed by atoms with van der Waals surface area (Å²) in [6.45, 7) is 5.19. The van der Waals surface area contributed by atoms with Crippen LogP contribution in [-0.4, -0.2) is 26.5 Å². The van der Waals surface area contributed by atoms with E-state index in [0.29, 0.717) is 12.3 Å². The first-order valence-electron chi connectivity index (χ1n) is 6.57. The molecule has 3 heteroatoms. The highest BCUT2D eigenvalue weighted by atomic mass is 16.2. The summed E-state index contributed by atoms with van der Waals surface area (Å²) in [5.41, 5.74) is 4.99. The third kappa shape index (κ3) is 2.27. The number of rotatable bonds is 3. The van der Waals surface area contributed by atoms with E-state index in [1.54, 1.807) is 0 Å². The monoisotopic (exact) mass is 246 g/mol. The largest absolute Gasteiger partial charge is 0.320 e. The van der Waals surface area contributed by atoms with Crippen LogP contribution in [0.2, 0.25) is 0 Å². The fourth-order valence-electron chi connectivity index (χ4n) is 2.91. The van der Waals surface area contributed by atoms with Crippen LogP contribution in [0.15, 0.2) is 12.1 Å². The van der Waals surface area contributed by atoms with Gasteiger partial charge in [0, 0.05) is 19.2 Å². The fourth-order valence-corrected chi connectivity index (χ4v) is 2.91. The predicted octanol–water partition coefficient (Wildman–Crippen LogP) is 2.36. The van der Waals surface area contributed by atoms with E-state index in [2.05, 4.69) is 31.3 Å². The fraction of sp³-hybridized carbons (Fsp3) is 0.533. The van der Waals surface area contributed by atoms with Gasteiger partial charge < -0.3 is 10.2 Å². The lowest BCUT2D eigenvalue weighted by Gasteiger charge is -2.33. The van der Waals surface area contributed by atoms with E-state index in [0.717, 1.165) is 18.7 Å². The Hall–Kier alpha value is -1.35. The zero-order valence-electron chi connectivity index (χ0n) is 11.7. The van der Waals surface area contributed by atoms with Gasteiger partial charge in [0.25, 0.3) is 0 Å². The number of carbonyl (C=O) groups excluding carboxylic acids is 1. The molecule has 98 valence electrons. The summed E-state index contributed by atoms with van der Waals surface area (Å²) in [6.07, 6.45) is 1.65. The van der Waals surface area contributed by atoms with Crippen LogP contribution in [0.25, 0.3) is 0 Å². The van der Waals surface area contributed by atoms with Crippen molar-refractivity contribution in [3.8, 4) is 0 Å². The van der Waals surface area contributed by atoms with Crippen molar-refractivity contribution >= 4 is 11.6 Å². The Kier molecular flexibility index (Phi) is 3.71. The van der Waals surface area contributed by atoms with Crippen LogP contribution in [0.3, 0.4) is 0 Å². The molecule has 0 aromatic heterocycles. The van der Waals surface area contributed by atoms with Crippen molar-refractivity contribution in [3.05, 3.63) is 28.8 Å². The number of amides is 1. The van der Waals surface area contributed by atoms with Crippen molar-refractivity contribution < 1.29 is 4.79 Å². The molecule has 18 heavy (non-hydrogen) atoms. The van der Waals surface area contributed by atoms with Crippen LogP contribution in [-0.2, 0) is 4.79 Å². The van der Waals surface area contributed by atoms with E-state index < -0.39 is 0 Å². The maximum atomic E-state index is 12.1. The van der Waals surface area contributed by atoms with E-state index in [4.69, 9.17) is 0 Å². The quantitative estimate of drug-likeness (QED) is 0.888. The van der Waals surface area contributed by atoms with Crippen molar-refractivity contribution in [2.75, 3.05) is 25.5 Å². The standard InChI is InChI=1S/C15H22N2O/c1-10-7-11(2)15-12(5-6-16-3)9-14(18)17(4)13(15)8-10/h7-8,12,16H,5-6,9H2,1-4H3. The number of anilines is 1. The molecule has 0 saturated carbocycles. The molecule has 1 heterocycles. The third-order valence-corrected chi connectivity index (χ3v) is 3.82. The third-order valence-electron chi connectivity index (χ3n) is 3.82. The summed E-state index contributed by atoms with van der Waals surface area (Å²) >= 11 is 0. The number of aryl methyl sites for hydroxylation is 2. The normalized spacial score (nSPS) is 19.0. The van der Waals surface area contributed by atoms with Crippen molar-refractivity contribution in [3.63, 3.8) is 0 Å². The highest BCUT2D eigenvalue weighted by Gasteiger charge is 2.30. The molecular weight excluding hydrogens is 224 g/mol. The van der Waals surface area contributed by atoms with Crippen LogP contribution in [0, 0.1) is 13.8 Å². The van der Waals surface area contributed by atoms with E-state index in [-0.39, 0.29) is 5.91 Å². The summed E-state index contributed by atoms with van der Waals surface area (Å²) < 4.78 is 0. The van der Waals surface area contributed by atoms with Gasteiger partial charge in [-0.1, -0.05) is 6.07 Å². The smallest absolute Gasteiger partial charge is 0.227 e. The van der Waals surface area contributed by atoms with Crippen molar-refractivity contribution in [1.82, 2.24) is 5.32 Å². The summed E-state index contributed by atoms with van der Waals surface area (Å²) in [4.78, 5) is 13.9. The lowest BCUT2D eigenvalue weighted by molar-refractivity contribution is -0.119. The van der Waals surface area contributed by atoms with Gasteiger partial charge in [-0.3, -0.25) is 4.79 Å². The Labute approximate surface area is 109 Å². The van der Waals surface area contributed by atoms with Gasteiger partial charge in [-0.15, -0.1) is 0 Å². The van der Waals surface area contributed by atoms with Gasteiger partial charge in [0.1, 0.15) is 0 Å². The zero-order valence-corrected chi connectivity index (χ0v) is 11.7. The Balaban J connectivity index is 2.45. The molecule has 0 saturated heterocycles. The van der Waals surface area contributed by atoms with Crippen molar-refractivity contribution in [2.45, 2.75) is 32.6 Å². The minimum atomic E-state index is 0.230. The molecule has 0 fully saturated rings. The number of benzene rings is 1. The van der Waals surface area contributed by atoms with Gasteiger partial charge in [0.2, 0.25) is 5.91 Å². The second kappa shape index (κ2) is 5.11. The number of hydrogen-bond donors (Lipinski definition) is 1. The van der Waals surface area contributed by atoms with Gasteiger partial charge in [-0.25, -0.2) is 0 Å². The molecule has 1 aliphatic rings. The van der Waals surface area contributed by atoms with Gasteiger partial charge in [-0.2, -0.15) is 0 Å². The molecule has 0 aliphatic carbocycles. The average molecular weight is 246 g/mol. The average Bonchev–Trinajstić information content (AvgIpc) is 2.31. The molecule has 3 nitrogen and oxygen atoms in total. The molecule has 0 spiro atoms. The molecule has 0 bridgehead atoms. The molecule has 1 atom stereocenters. The van der Waals surface area contributed by atoms with Crippen LogP contribution in [0.1, 0.15) is 35.4 Å². The predicted molar refractivity (Wildman–Crippen MR) is 75.2 cm³/mol. The number of nitrogens with zero attached hydrogens (tertiary/aromatic N) is 1. The second-order valence-corrected chi connectivity index (χ2v) is 5.26. The number of carbonyl (C=O) groups is 1. The summed E-state index contributed by atoms with van der Waals surface area (Å²) in [5, 5.41) is 3.18. The molecule has 1 N–H and O–H groups in total. The summed E-state index contributed by atoms with van der Waals surface area (Å²) in [5.74, 6) is 0.588. The van der Waals surface area contributed by atoms with Crippen molar-refractivity contribution in [2.24, 2.45) is 0 Å². The van der Waals surface area contributed by atoms with Gasteiger partial charge in [0.05, 0.1) is 0 Å². The first-order valence-corrected chi connectivity index (χ1v) is 6.57. The number of fused-ring (bicyclic) bond motifs is 1. The van der Waals surface area contributed by atoms with E-state index in [1.807, 2.05) is 19.0 Å². The van der Waals surface area contributed by atoms with Gasteiger partial charge in [0.15, 0.2) is 0 Å². The van der Waals surface area contributed by atoms with E-state index in [9.17, 15) is 4.79 Å². The Morgan fingerprint density at radius 3 is 2.78 bits per heavy atom. The highest BCUT2D eigenvalue weighted by molar-refractivity contribution is 5.97. The second-order valence-electron chi connectivity index (χ2n) is 5.26. The van der Waals surface area contributed by atoms with Gasteiger partial charge >= 0.3 is 0 Å². The SMILES string of the molecule is CNCCC1CC(=O)N(C)c2cc(C)cc(C)c21. The lowest BCUT2D eigenvalue weighted by atomic mass is 9.83. The highest BCUT2D eigenvalue weighted by Crippen LogP contribution is 2.39. The molecule has 0 radical (unpaired) electrons. The Bertz CT molecular complexity index is 468. The summed E-state index contributed by atoms with van der Waals surface area (Å²) in [6, 6.07) is 4.35. The van der Waals surface area contributed by atoms with E-state index in [1.165, 1.54) is 16.7 Å². The lowest BCUT2D eigenvalue weighted by Crippen LogP contribution is -2.34. The Morgan fingerprint density at radius 2 is 2.11 bits per heavy atom. The van der Waals surface area contributed by atoms with Crippen LogP contribution >= 0.6 is 0 Å². The first-order chi connectivity index (χ1) is 8.54. The molecular formula is C15H22N2O. The maximum absolute atomic E-state index is 12.1. The minimum absolute atomic E-state index is 0.230. The minimum Gasteiger partial charge on any atom is -0.320 e. The van der Waals surface area contributed by atoms with E-state index >= 15 is 0 Å². The molecule has 1 amide bonds. The molecule has 1 unspecified atom stereocenters. The number of hydrogen-bond acceptors (Lipinski definition) is 2. The van der Waals surface area contributed by atoms with Crippen molar-refractivity contribution in [1.29, 1.82) is 0 Å². The molecule has 2 rings (SSSR count). The molecule has 1 aliphatic heterocycles. The van der Waals surface area contributed by atoms with Crippen LogP contribution < -0.4 is 10.2 Å². The molecule has 1 aromatic carbocycles. The van der Waals surface area contributed by atoms with Gasteiger partial charge in [-0.05, 0) is 62.5 Å². The summed E-state index contributed by atoms with van der Waals surface area (Å²) in [7, 11) is 3.84. The zero-order chi connectivity index (χ0) is 13.3. The topological polar surface area (TPSA) is 32.3 Å². The number of nitrogens with one attached hydrogen (secondary N) is 1. The molecule has 1 aromatic rings. The van der Waals surface area contributed by atoms with Crippen LogP contribution in [0.5, 0.6) is 0 Å². The van der Waals surface area contributed by atoms with Crippen LogP contribution in [0.4, 0.5) is 5.69 Å². The Morgan fingerprint density at radius 1 is 1.39 bits per heavy atom. The first kappa shape index (κ1) is 13.1.